The molecule has 0 bridgehead atoms. The minimum absolute atomic E-state index is 0.421. The predicted molar refractivity (Wildman–Crippen MR) is 84.7 cm³/mol. The summed E-state index contributed by atoms with van der Waals surface area (Å²) in [6, 6.07) is 9.65. The van der Waals surface area contributed by atoms with Crippen molar-refractivity contribution in [1.29, 1.82) is 0 Å². The molecule has 0 saturated carbocycles. The fourth-order valence-corrected chi connectivity index (χ4v) is 2.75. The lowest BCUT2D eigenvalue weighted by Crippen LogP contribution is -2.37. The first kappa shape index (κ1) is 13.5. The molecule has 0 radical (unpaired) electrons. The zero-order chi connectivity index (χ0) is 14.9. The Morgan fingerprint density at radius 3 is 2.77 bits per heavy atom. The van der Waals surface area contributed by atoms with Crippen LogP contribution in [0.1, 0.15) is 0 Å². The summed E-state index contributed by atoms with van der Waals surface area (Å²) < 4.78 is 7.23. The maximum Gasteiger partial charge on any atom is 0.238 e. The highest BCUT2D eigenvalue weighted by molar-refractivity contribution is 6.29. The molecule has 1 aliphatic heterocycles. The fraction of sp³-hybridized carbons (Fsp3) is 0.267. The van der Waals surface area contributed by atoms with E-state index in [-0.39, 0.29) is 0 Å². The largest absolute Gasteiger partial charge is 0.378 e. The normalized spacial score (nSPS) is 15.4. The first-order valence-corrected chi connectivity index (χ1v) is 7.49. The molecule has 3 aromatic rings. The van der Waals surface area contributed by atoms with Crippen molar-refractivity contribution in [3.05, 3.63) is 41.8 Å². The summed E-state index contributed by atoms with van der Waals surface area (Å²) in [4.78, 5) is 15.5. The van der Waals surface area contributed by atoms with E-state index in [1.54, 1.807) is 12.4 Å². The number of aromatic nitrogens is 4. The maximum atomic E-state index is 6.19. The number of hydrogen-bond acceptors (Lipinski definition) is 5. The number of fused-ring (bicyclic) bond motifs is 1. The Morgan fingerprint density at radius 1 is 1.09 bits per heavy atom. The molecule has 3 heterocycles. The second kappa shape index (κ2) is 5.55. The standard InChI is InChI=1S/C15H14ClN5O/c16-13-9-14(20-5-7-22-8-6-20)19-15(18-13)21-10-17-11-3-1-2-4-12(11)21/h1-4,9-10H,5-8H2. The highest BCUT2D eigenvalue weighted by Gasteiger charge is 2.16. The molecule has 0 aliphatic carbocycles. The van der Waals surface area contributed by atoms with Crippen LogP contribution in [-0.4, -0.2) is 45.8 Å². The molecule has 0 amide bonds. The second-order valence-corrected chi connectivity index (χ2v) is 5.44. The number of morpholine rings is 1. The Kier molecular flexibility index (Phi) is 3.40. The quantitative estimate of drug-likeness (QED) is 0.679. The van der Waals surface area contributed by atoms with Gasteiger partial charge < -0.3 is 9.64 Å². The molecule has 2 aromatic heterocycles. The molecule has 1 fully saturated rings. The summed E-state index contributed by atoms with van der Waals surface area (Å²) in [7, 11) is 0. The van der Waals surface area contributed by atoms with Crippen LogP contribution in [0.3, 0.4) is 0 Å². The Morgan fingerprint density at radius 2 is 1.91 bits per heavy atom. The molecule has 7 heteroatoms. The first-order valence-electron chi connectivity index (χ1n) is 7.11. The van der Waals surface area contributed by atoms with E-state index >= 15 is 0 Å². The number of imidazole rings is 1. The Bertz CT molecular complexity index is 813. The highest BCUT2D eigenvalue weighted by atomic mass is 35.5. The third-order valence-corrected chi connectivity index (χ3v) is 3.87. The number of anilines is 1. The Hall–Kier alpha value is -2.18. The van der Waals surface area contributed by atoms with Gasteiger partial charge in [-0.25, -0.2) is 9.97 Å². The van der Waals surface area contributed by atoms with Gasteiger partial charge in [0.25, 0.3) is 0 Å². The van der Waals surface area contributed by atoms with Crippen molar-refractivity contribution in [2.75, 3.05) is 31.2 Å². The van der Waals surface area contributed by atoms with E-state index in [4.69, 9.17) is 16.3 Å². The molecule has 22 heavy (non-hydrogen) atoms. The summed E-state index contributed by atoms with van der Waals surface area (Å²) in [5.41, 5.74) is 1.86. The van der Waals surface area contributed by atoms with Crippen LogP contribution < -0.4 is 4.90 Å². The smallest absolute Gasteiger partial charge is 0.238 e. The van der Waals surface area contributed by atoms with Gasteiger partial charge in [0.2, 0.25) is 5.95 Å². The third-order valence-electron chi connectivity index (χ3n) is 3.67. The third kappa shape index (κ3) is 2.40. The maximum absolute atomic E-state index is 6.19. The molecule has 0 spiro atoms. The van der Waals surface area contributed by atoms with E-state index in [1.807, 2.05) is 28.8 Å². The number of hydrogen-bond donors (Lipinski definition) is 0. The summed E-state index contributed by atoms with van der Waals surface area (Å²) >= 11 is 6.19. The van der Waals surface area contributed by atoms with E-state index in [0.717, 1.165) is 29.9 Å². The number of benzene rings is 1. The molecule has 1 aromatic carbocycles. The van der Waals surface area contributed by atoms with Crippen LogP contribution in [0.25, 0.3) is 17.0 Å². The van der Waals surface area contributed by atoms with Gasteiger partial charge in [0.15, 0.2) is 0 Å². The van der Waals surface area contributed by atoms with Crippen LogP contribution in [0.2, 0.25) is 5.15 Å². The fourth-order valence-electron chi connectivity index (χ4n) is 2.57. The van der Waals surface area contributed by atoms with Crippen LogP contribution in [-0.2, 0) is 4.74 Å². The van der Waals surface area contributed by atoms with E-state index in [0.29, 0.717) is 24.3 Å². The monoisotopic (exact) mass is 315 g/mol. The number of nitrogens with zero attached hydrogens (tertiary/aromatic N) is 5. The molecule has 1 aliphatic rings. The van der Waals surface area contributed by atoms with Gasteiger partial charge in [-0.1, -0.05) is 23.7 Å². The molecule has 0 unspecified atom stereocenters. The lowest BCUT2D eigenvalue weighted by atomic mass is 10.3. The van der Waals surface area contributed by atoms with Gasteiger partial charge in [-0.3, -0.25) is 4.57 Å². The van der Waals surface area contributed by atoms with Crippen molar-refractivity contribution >= 4 is 28.5 Å². The molecule has 4 rings (SSSR count). The first-order chi connectivity index (χ1) is 10.8. The number of para-hydroxylation sites is 2. The Labute approximate surface area is 132 Å². The van der Waals surface area contributed by atoms with Gasteiger partial charge in [-0.2, -0.15) is 4.98 Å². The number of halogens is 1. The summed E-state index contributed by atoms with van der Waals surface area (Å²) in [6.45, 7) is 3.00. The predicted octanol–water partition coefficient (Wildman–Crippen LogP) is 2.31. The summed E-state index contributed by atoms with van der Waals surface area (Å²) in [6.07, 6.45) is 1.72. The molecule has 0 atom stereocenters. The summed E-state index contributed by atoms with van der Waals surface area (Å²) in [5, 5.41) is 0.421. The van der Waals surface area contributed by atoms with Crippen LogP contribution in [0.15, 0.2) is 36.7 Å². The topological polar surface area (TPSA) is 56.1 Å². The molecular formula is C15H14ClN5O. The average molecular weight is 316 g/mol. The zero-order valence-electron chi connectivity index (χ0n) is 11.8. The summed E-state index contributed by atoms with van der Waals surface area (Å²) in [5.74, 6) is 1.35. The lowest BCUT2D eigenvalue weighted by molar-refractivity contribution is 0.122. The van der Waals surface area contributed by atoms with Gasteiger partial charge >= 0.3 is 0 Å². The van der Waals surface area contributed by atoms with Crippen LogP contribution in [0.4, 0.5) is 5.82 Å². The Balaban J connectivity index is 1.80. The van der Waals surface area contributed by atoms with Gasteiger partial charge in [0.1, 0.15) is 17.3 Å². The minimum atomic E-state index is 0.421. The lowest BCUT2D eigenvalue weighted by Gasteiger charge is -2.28. The minimum Gasteiger partial charge on any atom is -0.378 e. The second-order valence-electron chi connectivity index (χ2n) is 5.05. The average Bonchev–Trinajstić information content (AvgIpc) is 2.99. The number of ether oxygens (including phenoxy) is 1. The van der Waals surface area contributed by atoms with Gasteiger partial charge in [0.05, 0.1) is 24.2 Å². The van der Waals surface area contributed by atoms with E-state index < -0.39 is 0 Å². The van der Waals surface area contributed by atoms with Crippen molar-refractivity contribution in [2.45, 2.75) is 0 Å². The molecule has 112 valence electrons. The van der Waals surface area contributed by atoms with Gasteiger partial charge in [0, 0.05) is 19.2 Å². The van der Waals surface area contributed by atoms with Crippen LogP contribution >= 0.6 is 11.6 Å². The molecular weight excluding hydrogens is 302 g/mol. The highest BCUT2D eigenvalue weighted by Crippen LogP contribution is 2.21. The van der Waals surface area contributed by atoms with Crippen LogP contribution in [0.5, 0.6) is 0 Å². The molecule has 6 nitrogen and oxygen atoms in total. The van der Waals surface area contributed by atoms with E-state index in [2.05, 4.69) is 19.9 Å². The van der Waals surface area contributed by atoms with Crippen molar-refractivity contribution in [3.63, 3.8) is 0 Å². The van der Waals surface area contributed by atoms with E-state index in [9.17, 15) is 0 Å². The van der Waals surface area contributed by atoms with Crippen LogP contribution in [0, 0.1) is 0 Å². The van der Waals surface area contributed by atoms with Crippen molar-refractivity contribution < 1.29 is 4.74 Å². The van der Waals surface area contributed by atoms with E-state index in [1.165, 1.54) is 0 Å². The van der Waals surface area contributed by atoms with Crippen molar-refractivity contribution in [2.24, 2.45) is 0 Å². The van der Waals surface area contributed by atoms with Gasteiger partial charge in [-0.05, 0) is 12.1 Å². The number of rotatable bonds is 2. The molecule has 0 N–H and O–H groups in total. The van der Waals surface area contributed by atoms with Gasteiger partial charge in [-0.15, -0.1) is 0 Å². The zero-order valence-corrected chi connectivity index (χ0v) is 12.6. The SMILES string of the molecule is Clc1cc(N2CCOCC2)nc(-n2cnc3ccccc32)n1. The van der Waals surface area contributed by atoms with Crippen molar-refractivity contribution in [3.8, 4) is 5.95 Å². The molecule has 1 saturated heterocycles. The van der Waals surface area contributed by atoms with Crippen molar-refractivity contribution in [1.82, 2.24) is 19.5 Å².